The maximum atomic E-state index is 14.1. The van der Waals surface area contributed by atoms with Crippen LogP contribution in [0.5, 0.6) is 0 Å². The van der Waals surface area contributed by atoms with Crippen molar-refractivity contribution in [1.82, 2.24) is 14.3 Å². The molecule has 6 rings (SSSR count). The van der Waals surface area contributed by atoms with E-state index in [2.05, 4.69) is 5.32 Å². The summed E-state index contributed by atoms with van der Waals surface area (Å²) in [6.45, 7) is 7.73. The van der Waals surface area contributed by atoms with Gasteiger partial charge >= 0.3 is 0 Å². The van der Waals surface area contributed by atoms with Gasteiger partial charge in [-0.25, -0.2) is 9.67 Å². The van der Waals surface area contributed by atoms with E-state index in [-0.39, 0.29) is 11.5 Å². The average Bonchev–Trinajstić information content (AvgIpc) is 3.44. The Labute approximate surface area is 241 Å². The fraction of sp³-hybridized carbons (Fsp3) is 0.152. The van der Waals surface area contributed by atoms with Crippen molar-refractivity contribution >= 4 is 29.0 Å². The van der Waals surface area contributed by atoms with E-state index in [0.29, 0.717) is 20.6 Å². The molecule has 1 atom stereocenters. The van der Waals surface area contributed by atoms with Gasteiger partial charge in [-0.15, -0.1) is 0 Å². The normalized spacial score (nSPS) is 15.0. The molecular formula is C33H29N5O2S. The highest BCUT2D eigenvalue weighted by molar-refractivity contribution is 7.07. The van der Waals surface area contributed by atoms with Gasteiger partial charge in [0.25, 0.3) is 11.5 Å². The van der Waals surface area contributed by atoms with Crippen molar-refractivity contribution in [2.75, 3.05) is 5.32 Å². The van der Waals surface area contributed by atoms with E-state index in [0.717, 1.165) is 39.5 Å². The molecule has 1 amide bonds. The molecule has 1 aliphatic rings. The summed E-state index contributed by atoms with van der Waals surface area (Å²) in [7, 11) is 0. The molecule has 0 spiro atoms. The Bertz CT molecular complexity index is 2000. The summed E-state index contributed by atoms with van der Waals surface area (Å²) in [6.07, 6.45) is 1.90. The van der Waals surface area contributed by atoms with Crippen LogP contribution >= 0.6 is 11.3 Å². The molecule has 0 saturated heterocycles. The molecule has 3 aromatic carbocycles. The summed E-state index contributed by atoms with van der Waals surface area (Å²) < 4.78 is 4.08. The molecule has 0 bridgehead atoms. The van der Waals surface area contributed by atoms with Crippen LogP contribution in [0.3, 0.4) is 0 Å². The lowest BCUT2D eigenvalue weighted by molar-refractivity contribution is -0.113. The quantitative estimate of drug-likeness (QED) is 0.330. The molecule has 7 nitrogen and oxygen atoms in total. The number of benzene rings is 3. The van der Waals surface area contributed by atoms with Gasteiger partial charge in [0, 0.05) is 16.9 Å². The number of allylic oxidation sites excluding steroid dienone is 1. The number of fused-ring (bicyclic) bond motifs is 1. The summed E-state index contributed by atoms with van der Waals surface area (Å²) in [4.78, 5) is 33.2. The third-order valence-electron chi connectivity index (χ3n) is 7.40. The van der Waals surface area contributed by atoms with E-state index in [1.165, 1.54) is 11.3 Å². The Kier molecular flexibility index (Phi) is 6.85. The van der Waals surface area contributed by atoms with E-state index in [1.807, 2.05) is 123 Å². The van der Waals surface area contributed by atoms with Gasteiger partial charge in [-0.2, -0.15) is 5.10 Å². The highest BCUT2D eigenvalue weighted by Gasteiger charge is 2.32. The molecule has 41 heavy (non-hydrogen) atoms. The Morgan fingerprint density at radius 3 is 2.27 bits per heavy atom. The lowest BCUT2D eigenvalue weighted by Crippen LogP contribution is -2.40. The van der Waals surface area contributed by atoms with Crippen LogP contribution in [-0.4, -0.2) is 20.3 Å². The maximum Gasteiger partial charge on any atom is 0.271 e. The molecule has 0 radical (unpaired) electrons. The second-order valence-electron chi connectivity index (χ2n) is 10.1. The first-order valence-corrected chi connectivity index (χ1v) is 14.2. The zero-order valence-electron chi connectivity index (χ0n) is 23.3. The van der Waals surface area contributed by atoms with E-state index < -0.39 is 6.04 Å². The molecule has 0 aliphatic carbocycles. The van der Waals surface area contributed by atoms with Crippen LogP contribution < -0.4 is 20.2 Å². The van der Waals surface area contributed by atoms with Crippen molar-refractivity contribution in [3.63, 3.8) is 0 Å². The molecule has 2 aromatic heterocycles. The Morgan fingerprint density at radius 2 is 1.56 bits per heavy atom. The fourth-order valence-corrected chi connectivity index (χ4v) is 6.31. The molecule has 3 heterocycles. The number of amides is 1. The second kappa shape index (κ2) is 10.6. The number of thiazole rings is 1. The first kappa shape index (κ1) is 26.4. The predicted octanol–water partition coefficient (Wildman–Crippen LogP) is 4.98. The van der Waals surface area contributed by atoms with E-state index >= 15 is 0 Å². The number of rotatable bonds is 5. The number of aromatic nitrogens is 3. The number of nitrogens with zero attached hydrogens (tertiary/aromatic N) is 4. The summed E-state index contributed by atoms with van der Waals surface area (Å²) >= 11 is 1.33. The Balaban J connectivity index is 1.49. The molecule has 0 saturated carbocycles. The Hall–Kier alpha value is -4.82. The number of hydrogen-bond donors (Lipinski definition) is 1. The summed E-state index contributed by atoms with van der Waals surface area (Å²) in [5, 5.41) is 7.79. The number of carbonyl (C=O) groups excluding carboxylic acids is 1. The van der Waals surface area contributed by atoms with Gasteiger partial charge in [0.2, 0.25) is 0 Å². The van der Waals surface area contributed by atoms with Crippen LogP contribution in [0, 0.1) is 20.8 Å². The zero-order chi connectivity index (χ0) is 28.7. The highest BCUT2D eigenvalue weighted by atomic mass is 32.1. The average molecular weight is 560 g/mol. The number of carbonyl (C=O) groups is 1. The molecule has 1 N–H and O–H groups in total. The smallest absolute Gasteiger partial charge is 0.271 e. The maximum absolute atomic E-state index is 14.1. The summed E-state index contributed by atoms with van der Waals surface area (Å²) in [6, 6.07) is 26.6. The van der Waals surface area contributed by atoms with Crippen molar-refractivity contribution < 1.29 is 4.79 Å². The van der Waals surface area contributed by atoms with E-state index in [1.54, 1.807) is 4.57 Å². The molecule has 1 aliphatic heterocycles. The van der Waals surface area contributed by atoms with Crippen LogP contribution in [0.15, 0.2) is 106 Å². The first-order valence-electron chi connectivity index (χ1n) is 13.4. The number of nitrogens with one attached hydrogen (secondary N) is 1. The van der Waals surface area contributed by atoms with E-state index in [4.69, 9.17) is 10.1 Å². The highest BCUT2D eigenvalue weighted by Crippen LogP contribution is 2.31. The lowest BCUT2D eigenvalue weighted by atomic mass is 9.95. The minimum Gasteiger partial charge on any atom is -0.322 e. The SMILES string of the molecule is CC1=C(C(=O)Nc2ccccc2C)C(c2ccccc2)n2c(sc(=Cc3c(C)nn(-c4ccccc4)c3C)c2=O)=N1. The third-order valence-corrected chi connectivity index (χ3v) is 8.38. The topological polar surface area (TPSA) is 81.3 Å². The fourth-order valence-electron chi connectivity index (χ4n) is 5.28. The van der Waals surface area contributed by atoms with Crippen LogP contribution in [0.25, 0.3) is 11.8 Å². The van der Waals surface area contributed by atoms with Crippen LogP contribution in [0.4, 0.5) is 5.69 Å². The molecule has 0 fully saturated rings. The minimum absolute atomic E-state index is 0.192. The summed E-state index contributed by atoms with van der Waals surface area (Å²) in [5.74, 6) is -0.278. The van der Waals surface area contributed by atoms with Crippen molar-refractivity contribution in [2.24, 2.45) is 4.99 Å². The zero-order valence-corrected chi connectivity index (χ0v) is 24.1. The van der Waals surface area contributed by atoms with Crippen LogP contribution in [-0.2, 0) is 4.79 Å². The third kappa shape index (κ3) is 4.76. The minimum atomic E-state index is -0.618. The monoisotopic (exact) mass is 559 g/mol. The number of hydrogen-bond acceptors (Lipinski definition) is 5. The van der Waals surface area contributed by atoms with Crippen LogP contribution in [0.2, 0.25) is 0 Å². The molecule has 204 valence electrons. The number of anilines is 1. The van der Waals surface area contributed by atoms with Gasteiger partial charge in [0.1, 0.15) is 0 Å². The molecule has 1 unspecified atom stereocenters. The van der Waals surface area contributed by atoms with Gasteiger partial charge in [-0.1, -0.05) is 78.1 Å². The van der Waals surface area contributed by atoms with Gasteiger partial charge in [-0.05, 0) is 63.1 Å². The first-order chi connectivity index (χ1) is 19.8. The molecule has 5 aromatic rings. The van der Waals surface area contributed by atoms with Crippen molar-refractivity contribution in [3.8, 4) is 5.69 Å². The van der Waals surface area contributed by atoms with Crippen LogP contribution in [0.1, 0.15) is 41.0 Å². The van der Waals surface area contributed by atoms with Crippen molar-refractivity contribution in [3.05, 3.63) is 144 Å². The standard InChI is InChI=1S/C33H29N5O2S/c1-20-13-11-12-18-27(20)35-31(39)29-22(3)34-33-37(30(29)24-14-7-5-8-15-24)32(40)28(41-33)19-26-21(2)36-38(23(26)4)25-16-9-6-10-17-25/h5-19,30H,1-4H3,(H,35,39). The molecular weight excluding hydrogens is 530 g/mol. The van der Waals surface area contributed by atoms with Gasteiger partial charge in [0.05, 0.1) is 33.2 Å². The lowest BCUT2D eigenvalue weighted by Gasteiger charge is -2.25. The van der Waals surface area contributed by atoms with Crippen molar-refractivity contribution in [1.29, 1.82) is 0 Å². The number of para-hydroxylation sites is 2. The van der Waals surface area contributed by atoms with Gasteiger partial charge < -0.3 is 5.32 Å². The predicted molar refractivity (Wildman–Crippen MR) is 163 cm³/mol. The Morgan fingerprint density at radius 1 is 0.902 bits per heavy atom. The van der Waals surface area contributed by atoms with E-state index in [9.17, 15) is 9.59 Å². The second-order valence-corrected chi connectivity index (χ2v) is 11.1. The number of aryl methyl sites for hydroxylation is 2. The summed E-state index contributed by atoms with van der Waals surface area (Å²) in [5.41, 5.74) is 6.97. The van der Waals surface area contributed by atoms with Crippen molar-refractivity contribution in [2.45, 2.75) is 33.7 Å². The molecule has 8 heteroatoms. The largest absolute Gasteiger partial charge is 0.322 e. The van der Waals surface area contributed by atoms with Gasteiger partial charge in [0.15, 0.2) is 4.80 Å². The van der Waals surface area contributed by atoms with Gasteiger partial charge in [-0.3, -0.25) is 14.2 Å².